The van der Waals surface area contributed by atoms with Crippen LogP contribution in [0.15, 0.2) is 42.5 Å². The van der Waals surface area contributed by atoms with Crippen molar-refractivity contribution in [3.05, 3.63) is 70.0 Å². The predicted molar refractivity (Wildman–Crippen MR) is 94.4 cm³/mol. The summed E-state index contributed by atoms with van der Waals surface area (Å²) in [5.41, 5.74) is 3.34. The summed E-state index contributed by atoms with van der Waals surface area (Å²) < 4.78 is 1.97. The van der Waals surface area contributed by atoms with Crippen molar-refractivity contribution >= 4 is 23.5 Å². The zero-order valence-electron chi connectivity index (χ0n) is 13.5. The highest BCUT2D eigenvalue weighted by Gasteiger charge is 2.25. The van der Waals surface area contributed by atoms with Crippen molar-refractivity contribution in [3.63, 3.8) is 0 Å². The summed E-state index contributed by atoms with van der Waals surface area (Å²) in [6.07, 6.45) is 0. The lowest BCUT2D eigenvalue weighted by molar-refractivity contribution is 0.0697. The van der Waals surface area contributed by atoms with Gasteiger partial charge in [-0.05, 0) is 54.4 Å². The summed E-state index contributed by atoms with van der Waals surface area (Å²) in [5, 5.41) is 18.4. The lowest BCUT2D eigenvalue weighted by Crippen LogP contribution is -2.19. The zero-order valence-corrected chi connectivity index (χ0v) is 14.2. The van der Waals surface area contributed by atoms with E-state index in [1.54, 1.807) is 12.1 Å². The molecule has 2 aromatic carbocycles. The highest BCUT2D eigenvalue weighted by atomic mass is 35.5. The topological polar surface area (TPSA) is 71.2 Å². The van der Waals surface area contributed by atoms with Crippen molar-refractivity contribution in [1.29, 1.82) is 0 Å². The Morgan fingerprint density at radius 1 is 1.08 bits per heavy atom. The molecule has 0 fully saturated rings. The number of fused-ring (bicyclic) bond motifs is 1. The quantitative estimate of drug-likeness (QED) is 0.780. The molecule has 6 nitrogen and oxygen atoms in total. The van der Waals surface area contributed by atoms with Crippen molar-refractivity contribution < 1.29 is 9.90 Å². The number of hydrogen-bond acceptors (Lipinski definition) is 4. The number of carbonyl (C=O) groups is 1. The van der Waals surface area contributed by atoms with E-state index in [2.05, 4.69) is 15.1 Å². The third-order valence-corrected chi connectivity index (χ3v) is 4.60. The number of carboxylic acids is 1. The third-order valence-electron chi connectivity index (χ3n) is 4.35. The maximum atomic E-state index is 11.2. The van der Waals surface area contributed by atoms with Gasteiger partial charge in [-0.15, -0.1) is 10.2 Å². The van der Waals surface area contributed by atoms with Gasteiger partial charge in [0, 0.05) is 18.1 Å². The fourth-order valence-corrected chi connectivity index (χ4v) is 3.24. The second-order valence-electron chi connectivity index (χ2n) is 6.00. The largest absolute Gasteiger partial charge is 0.478 e. The van der Waals surface area contributed by atoms with Crippen LogP contribution in [0.5, 0.6) is 0 Å². The molecule has 2 heterocycles. The van der Waals surface area contributed by atoms with Crippen molar-refractivity contribution in [2.24, 2.45) is 0 Å². The van der Waals surface area contributed by atoms with Crippen LogP contribution >= 0.6 is 11.6 Å². The first-order valence-corrected chi connectivity index (χ1v) is 8.19. The first-order valence-electron chi connectivity index (χ1n) is 7.81. The van der Waals surface area contributed by atoms with Crippen LogP contribution in [0.1, 0.15) is 27.3 Å². The molecule has 25 heavy (non-hydrogen) atoms. The normalized spacial score (nSPS) is 13.1. The number of hydrogen-bond donors (Lipinski definition) is 1. The Bertz CT molecular complexity index is 966. The Labute approximate surface area is 149 Å². The molecule has 0 aliphatic carbocycles. The molecule has 7 heteroatoms. The summed E-state index contributed by atoms with van der Waals surface area (Å²) in [6.45, 7) is 3.17. The summed E-state index contributed by atoms with van der Waals surface area (Å²) in [5.74, 6) is 0.592. The van der Waals surface area contributed by atoms with Gasteiger partial charge < -0.3 is 10.0 Å². The Hall–Kier alpha value is -2.86. The number of rotatable bonds is 3. The molecular formula is C18H15ClN4O2. The van der Waals surface area contributed by atoms with Gasteiger partial charge >= 0.3 is 5.97 Å². The number of anilines is 1. The molecule has 126 valence electrons. The molecule has 0 bridgehead atoms. The molecule has 4 rings (SSSR count). The van der Waals surface area contributed by atoms with Crippen molar-refractivity contribution in [2.45, 2.75) is 20.0 Å². The van der Waals surface area contributed by atoms with Gasteiger partial charge in [-0.25, -0.2) is 4.79 Å². The molecule has 1 aromatic heterocycles. The second kappa shape index (κ2) is 5.89. The maximum Gasteiger partial charge on any atom is 0.335 e. The van der Waals surface area contributed by atoms with E-state index >= 15 is 0 Å². The average molecular weight is 355 g/mol. The molecule has 0 spiro atoms. The Balaban J connectivity index is 1.70. The molecular weight excluding hydrogens is 340 g/mol. The van der Waals surface area contributed by atoms with Gasteiger partial charge in [-0.2, -0.15) is 0 Å². The molecule has 0 unspecified atom stereocenters. The van der Waals surface area contributed by atoms with Crippen LogP contribution in [-0.4, -0.2) is 25.8 Å². The lowest BCUT2D eigenvalue weighted by Gasteiger charge is -2.18. The van der Waals surface area contributed by atoms with Crippen LogP contribution in [-0.2, 0) is 13.1 Å². The summed E-state index contributed by atoms with van der Waals surface area (Å²) >= 11 is 5.98. The third kappa shape index (κ3) is 2.74. The Morgan fingerprint density at radius 2 is 1.80 bits per heavy atom. The van der Waals surface area contributed by atoms with E-state index in [9.17, 15) is 4.79 Å². The van der Waals surface area contributed by atoms with Gasteiger partial charge in [-0.3, -0.25) is 4.57 Å². The van der Waals surface area contributed by atoms with Crippen LogP contribution in [0.4, 0.5) is 5.95 Å². The summed E-state index contributed by atoms with van der Waals surface area (Å²) in [4.78, 5) is 13.3. The van der Waals surface area contributed by atoms with E-state index in [1.165, 1.54) is 0 Å². The van der Waals surface area contributed by atoms with Gasteiger partial charge in [0.2, 0.25) is 5.95 Å². The monoisotopic (exact) mass is 354 g/mol. The first kappa shape index (κ1) is 15.7. The maximum absolute atomic E-state index is 11.2. The molecule has 0 atom stereocenters. The SMILES string of the molecule is Cc1nnc(N2Cc3ccc(C(=O)O)cc3C2)n1-c1ccc(Cl)cc1. The van der Waals surface area contributed by atoms with Gasteiger partial charge in [-0.1, -0.05) is 17.7 Å². The van der Waals surface area contributed by atoms with Gasteiger partial charge in [0.15, 0.2) is 0 Å². The standard InChI is InChI=1S/C18H15ClN4O2/c1-11-20-21-18(23(11)16-6-4-15(19)5-7-16)22-9-13-3-2-12(17(24)25)8-14(13)10-22/h2-8H,9-10H2,1H3,(H,24,25). The average Bonchev–Trinajstić information content (AvgIpc) is 3.18. The lowest BCUT2D eigenvalue weighted by atomic mass is 10.1. The molecule has 0 saturated heterocycles. The van der Waals surface area contributed by atoms with Gasteiger partial charge in [0.05, 0.1) is 11.3 Å². The zero-order chi connectivity index (χ0) is 17.6. The highest BCUT2D eigenvalue weighted by Crippen LogP contribution is 2.30. The number of aryl methyl sites for hydroxylation is 1. The number of nitrogens with zero attached hydrogens (tertiary/aromatic N) is 4. The fourth-order valence-electron chi connectivity index (χ4n) is 3.12. The second-order valence-corrected chi connectivity index (χ2v) is 6.44. The van der Waals surface area contributed by atoms with Crippen LogP contribution in [0.2, 0.25) is 5.02 Å². The Kier molecular flexibility index (Phi) is 3.69. The van der Waals surface area contributed by atoms with E-state index in [1.807, 2.05) is 41.8 Å². The summed E-state index contributed by atoms with van der Waals surface area (Å²) in [6, 6.07) is 12.7. The molecule has 1 aliphatic heterocycles. The van der Waals surface area contributed by atoms with Crippen LogP contribution < -0.4 is 4.90 Å². The molecule has 0 saturated carbocycles. The van der Waals surface area contributed by atoms with Crippen molar-refractivity contribution in [2.75, 3.05) is 4.90 Å². The smallest absolute Gasteiger partial charge is 0.335 e. The van der Waals surface area contributed by atoms with Gasteiger partial charge in [0.25, 0.3) is 0 Å². The molecule has 1 aliphatic rings. The number of carboxylic acid groups (broad SMARTS) is 1. The molecule has 1 N–H and O–H groups in total. The van der Waals surface area contributed by atoms with Crippen LogP contribution in [0.3, 0.4) is 0 Å². The fraction of sp³-hybridized carbons (Fsp3) is 0.167. The number of benzene rings is 2. The minimum atomic E-state index is -0.915. The van der Waals surface area contributed by atoms with E-state index in [0.29, 0.717) is 23.7 Å². The van der Waals surface area contributed by atoms with Crippen molar-refractivity contribution in [1.82, 2.24) is 14.8 Å². The van der Waals surface area contributed by atoms with Gasteiger partial charge in [0.1, 0.15) is 5.82 Å². The van der Waals surface area contributed by atoms with E-state index in [4.69, 9.17) is 16.7 Å². The molecule has 0 radical (unpaired) electrons. The van der Waals surface area contributed by atoms with E-state index in [-0.39, 0.29) is 0 Å². The van der Waals surface area contributed by atoms with E-state index < -0.39 is 5.97 Å². The summed E-state index contributed by atoms with van der Waals surface area (Å²) in [7, 11) is 0. The molecule has 3 aromatic rings. The number of aromatic nitrogens is 3. The number of aromatic carboxylic acids is 1. The van der Waals surface area contributed by atoms with E-state index in [0.717, 1.165) is 28.6 Å². The highest BCUT2D eigenvalue weighted by molar-refractivity contribution is 6.30. The molecule has 0 amide bonds. The minimum Gasteiger partial charge on any atom is -0.478 e. The minimum absolute atomic E-state index is 0.302. The predicted octanol–water partition coefficient (Wildman–Crippen LogP) is 3.45. The van der Waals surface area contributed by atoms with Crippen LogP contribution in [0.25, 0.3) is 5.69 Å². The Morgan fingerprint density at radius 3 is 2.52 bits per heavy atom. The first-order chi connectivity index (χ1) is 12.0. The number of halogens is 1. The van der Waals surface area contributed by atoms with Crippen LogP contribution in [0, 0.1) is 6.92 Å². The van der Waals surface area contributed by atoms with Crippen molar-refractivity contribution in [3.8, 4) is 5.69 Å².